The van der Waals surface area contributed by atoms with Crippen molar-refractivity contribution in [2.45, 2.75) is 32.2 Å². The molecule has 84 valence electrons. The Labute approximate surface area is 90.2 Å². The van der Waals surface area contributed by atoms with Gasteiger partial charge in [-0.05, 0) is 25.3 Å². The molecule has 2 rings (SSSR count). The molecular formula is C10H16N2O2S. The van der Waals surface area contributed by atoms with Gasteiger partial charge in [0.05, 0.1) is 17.5 Å². The molecule has 0 bridgehead atoms. The van der Waals surface area contributed by atoms with Gasteiger partial charge in [-0.25, -0.2) is 8.42 Å². The molecule has 0 radical (unpaired) electrons. The predicted octanol–water partition coefficient (Wildman–Crippen LogP) is 1.20. The van der Waals surface area contributed by atoms with Gasteiger partial charge in [-0.3, -0.25) is 4.68 Å². The van der Waals surface area contributed by atoms with E-state index in [1.165, 1.54) is 0 Å². The van der Waals surface area contributed by atoms with Gasteiger partial charge in [0.15, 0.2) is 9.84 Å². The molecule has 1 aliphatic rings. The molecule has 0 aliphatic carbocycles. The third-order valence-corrected chi connectivity index (χ3v) is 4.70. The minimum Gasteiger partial charge on any atom is -0.266 e. The van der Waals surface area contributed by atoms with Crippen molar-refractivity contribution < 1.29 is 8.42 Å². The quantitative estimate of drug-likeness (QED) is 0.764. The lowest BCUT2D eigenvalue weighted by Crippen LogP contribution is -2.28. The Balaban J connectivity index is 2.24. The zero-order valence-corrected chi connectivity index (χ0v) is 9.70. The molecule has 1 atom stereocenters. The van der Waals surface area contributed by atoms with Crippen LogP contribution >= 0.6 is 0 Å². The topological polar surface area (TPSA) is 52.0 Å². The predicted molar refractivity (Wildman–Crippen MR) is 58.5 cm³/mol. The molecule has 0 saturated carbocycles. The van der Waals surface area contributed by atoms with E-state index in [2.05, 4.69) is 12.0 Å². The van der Waals surface area contributed by atoms with Crippen LogP contribution in [0.4, 0.5) is 0 Å². The monoisotopic (exact) mass is 228 g/mol. The molecule has 1 fully saturated rings. The highest BCUT2D eigenvalue weighted by Crippen LogP contribution is 2.23. The smallest absolute Gasteiger partial charge is 0.152 e. The fraction of sp³-hybridized carbons (Fsp3) is 0.700. The van der Waals surface area contributed by atoms with Gasteiger partial charge in [0.2, 0.25) is 0 Å². The molecule has 1 unspecified atom stereocenters. The van der Waals surface area contributed by atoms with Crippen LogP contribution in [-0.2, 0) is 16.3 Å². The van der Waals surface area contributed by atoms with Crippen LogP contribution in [0.25, 0.3) is 0 Å². The third kappa shape index (κ3) is 2.22. The molecular weight excluding hydrogens is 212 g/mol. The van der Waals surface area contributed by atoms with Crippen LogP contribution < -0.4 is 0 Å². The number of rotatable bonds is 2. The maximum atomic E-state index is 11.5. The first-order valence-electron chi connectivity index (χ1n) is 5.35. The Kier molecular flexibility index (Phi) is 2.82. The summed E-state index contributed by atoms with van der Waals surface area (Å²) in [6.07, 6.45) is 4.33. The standard InChI is InChI=1S/C10H16N2O2S/c1-2-9-5-6-11-12(9)10-4-3-7-15(13,14)8-10/h5-6,10H,2-4,7-8H2,1H3. The van der Waals surface area contributed by atoms with Crippen LogP contribution in [0.1, 0.15) is 31.5 Å². The van der Waals surface area contributed by atoms with E-state index in [-0.39, 0.29) is 11.8 Å². The molecule has 0 amide bonds. The number of hydrogen-bond acceptors (Lipinski definition) is 3. The van der Waals surface area contributed by atoms with Gasteiger partial charge in [-0.15, -0.1) is 0 Å². The highest BCUT2D eigenvalue weighted by molar-refractivity contribution is 7.91. The maximum absolute atomic E-state index is 11.5. The number of sulfone groups is 1. The van der Waals surface area contributed by atoms with Gasteiger partial charge in [0, 0.05) is 11.9 Å². The van der Waals surface area contributed by atoms with Crippen molar-refractivity contribution in [2.75, 3.05) is 11.5 Å². The van der Waals surface area contributed by atoms with Crippen molar-refractivity contribution in [2.24, 2.45) is 0 Å². The van der Waals surface area contributed by atoms with Crippen LogP contribution in [0.3, 0.4) is 0 Å². The summed E-state index contributed by atoms with van der Waals surface area (Å²) in [5, 5.41) is 4.23. The first-order chi connectivity index (χ1) is 7.12. The Hall–Kier alpha value is -0.840. The van der Waals surface area contributed by atoms with E-state index >= 15 is 0 Å². The lowest BCUT2D eigenvalue weighted by Gasteiger charge is -2.23. The highest BCUT2D eigenvalue weighted by atomic mass is 32.2. The molecule has 1 saturated heterocycles. The number of hydrogen-bond donors (Lipinski definition) is 0. The summed E-state index contributed by atoms with van der Waals surface area (Å²) in [6, 6.07) is 2.01. The molecule has 2 heterocycles. The molecule has 15 heavy (non-hydrogen) atoms. The Bertz CT molecular complexity index is 436. The van der Waals surface area contributed by atoms with Gasteiger partial charge in [0.25, 0.3) is 0 Å². The first kappa shape index (κ1) is 10.7. The fourth-order valence-corrected chi connectivity index (χ4v) is 3.81. The van der Waals surface area contributed by atoms with E-state index in [0.29, 0.717) is 5.75 Å². The average molecular weight is 228 g/mol. The van der Waals surface area contributed by atoms with Crippen LogP contribution in [0, 0.1) is 0 Å². The van der Waals surface area contributed by atoms with Crippen LogP contribution in [0.2, 0.25) is 0 Å². The lowest BCUT2D eigenvalue weighted by atomic mass is 10.2. The average Bonchev–Trinajstić information content (AvgIpc) is 2.63. The minimum absolute atomic E-state index is 0.0497. The first-order valence-corrected chi connectivity index (χ1v) is 7.17. The second-order valence-corrected chi connectivity index (χ2v) is 6.26. The number of aromatic nitrogens is 2. The summed E-state index contributed by atoms with van der Waals surface area (Å²) in [6.45, 7) is 2.06. The zero-order chi connectivity index (χ0) is 10.9. The van der Waals surface area contributed by atoms with Crippen LogP contribution in [0.15, 0.2) is 12.3 Å². The zero-order valence-electron chi connectivity index (χ0n) is 8.89. The third-order valence-electron chi connectivity index (χ3n) is 2.90. The Morgan fingerprint density at radius 2 is 2.40 bits per heavy atom. The molecule has 0 N–H and O–H groups in total. The summed E-state index contributed by atoms with van der Waals surface area (Å²) in [7, 11) is -2.84. The summed E-state index contributed by atoms with van der Waals surface area (Å²) in [5.41, 5.74) is 1.12. The van der Waals surface area contributed by atoms with Gasteiger partial charge >= 0.3 is 0 Å². The SMILES string of the molecule is CCc1ccnn1C1CCCS(=O)(=O)C1. The van der Waals surface area contributed by atoms with Crippen molar-refractivity contribution in [1.82, 2.24) is 9.78 Å². The van der Waals surface area contributed by atoms with E-state index in [1.807, 2.05) is 10.7 Å². The highest BCUT2D eigenvalue weighted by Gasteiger charge is 2.27. The summed E-state index contributed by atoms with van der Waals surface area (Å²) < 4.78 is 24.9. The minimum atomic E-state index is -2.84. The molecule has 0 aromatic carbocycles. The van der Waals surface area contributed by atoms with E-state index in [9.17, 15) is 8.42 Å². The molecule has 1 aromatic rings. The largest absolute Gasteiger partial charge is 0.266 e. The molecule has 1 aliphatic heterocycles. The van der Waals surface area contributed by atoms with Crippen molar-refractivity contribution in [1.29, 1.82) is 0 Å². The van der Waals surface area contributed by atoms with Crippen LogP contribution in [-0.4, -0.2) is 29.7 Å². The van der Waals surface area contributed by atoms with E-state index < -0.39 is 9.84 Å². The van der Waals surface area contributed by atoms with Crippen molar-refractivity contribution >= 4 is 9.84 Å². The van der Waals surface area contributed by atoms with Crippen molar-refractivity contribution in [3.63, 3.8) is 0 Å². The van der Waals surface area contributed by atoms with E-state index in [1.54, 1.807) is 6.20 Å². The molecule has 4 nitrogen and oxygen atoms in total. The lowest BCUT2D eigenvalue weighted by molar-refractivity contribution is 0.424. The number of nitrogens with zero attached hydrogens (tertiary/aromatic N) is 2. The normalized spacial score (nSPS) is 25.3. The van der Waals surface area contributed by atoms with Crippen LogP contribution in [0.5, 0.6) is 0 Å². The van der Waals surface area contributed by atoms with E-state index in [0.717, 1.165) is 25.0 Å². The number of aryl methyl sites for hydroxylation is 1. The second-order valence-electron chi connectivity index (χ2n) is 4.03. The van der Waals surface area contributed by atoms with Crippen molar-refractivity contribution in [3.05, 3.63) is 18.0 Å². The maximum Gasteiger partial charge on any atom is 0.152 e. The van der Waals surface area contributed by atoms with Gasteiger partial charge in [-0.1, -0.05) is 6.92 Å². The molecule has 1 aromatic heterocycles. The molecule has 0 spiro atoms. The summed E-state index contributed by atoms with van der Waals surface area (Å²) in [4.78, 5) is 0. The summed E-state index contributed by atoms with van der Waals surface area (Å²) in [5.74, 6) is 0.591. The van der Waals surface area contributed by atoms with Gasteiger partial charge in [-0.2, -0.15) is 5.10 Å². The van der Waals surface area contributed by atoms with Crippen molar-refractivity contribution in [3.8, 4) is 0 Å². The second kappa shape index (κ2) is 3.96. The molecule has 5 heteroatoms. The fourth-order valence-electron chi connectivity index (χ4n) is 2.14. The van der Waals surface area contributed by atoms with Gasteiger partial charge in [0.1, 0.15) is 0 Å². The van der Waals surface area contributed by atoms with E-state index in [4.69, 9.17) is 0 Å². The summed E-state index contributed by atoms with van der Waals surface area (Å²) >= 11 is 0. The Morgan fingerprint density at radius 1 is 1.60 bits per heavy atom. The Morgan fingerprint density at radius 3 is 3.07 bits per heavy atom. The van der Waals surface area contributed by atoms with Gasteiger partial charge < -0.3 is 0 Å².